The highest BCUT2D eigenvalue weighted by atomic mass is 16.5. The van der Waals surface area contributed by atoms with E-state index in [2.05, 4.69) is 13.8 Å². The molecule has 0 amide bonds. The van der Waals surface area contributed by atoms with Crippen LogP contribution in [0.2, 0.25) is 0 Å². The van der Waals surface area contributed by atoms with Crippen LogP contribution in [0, 0.1) is 0 Å². The zero-order chi connectivity index (χ0) is 19.0. The Morgan fingerprint density at radius 1 is 0.808 bits per heavy atom. The summed E-state index contributed by atoms with van der Waals surface area (Å²) < 4.78 is 16.5. The molecular weight excluding hydrogens is 328 g/mol. The van der Waals surface area contributed by atoms with Crippen molar-refractivity contribution in [3.05, 3.63) is 23.8 Å². The number of hydrogen-bond acceptors (Lipinski definition) is 4. The van der Waals surface area contributed by atoms with E-state index in [9.17, 15) is 4.79 Å². The average Bonchev–Trinajstić information content (AvgIpc) is 2.67. The van der Waals surface area contributed by atoms with Gasteiger partial charge in [-0.05, 0) is 31.0 Å². The summed E-state index contributed by atoms with van der Waals surface area (Å²) in [7, 11) is 1.59. The van der Waals surface area contributed by atoms with Crippen LogP contribution in [-0.4, -0.2) is 26.3 Å². The number of unbranched alkanes of at least 4 members (excludes halogenated alkanes) is 8. The summed E-state index contributed by atoms with van der Waals surface area (Å²) in [6.07, 6.45) is 11.7. The number of hydrogen-bond donors (Lipinski definition) is 0. The molecule has 4 heteroatoms. The second kappa shape index (κ2) is 14.5. The van der Waals surface area contributed by atoms with Gasteiger partial charge in [0.2, 0.25) is 0 Å². The Bertz CT molecular complexity index is 499. The largest absolute Gasteiger partial charge is 0.493 e. The zero-order valence-corrected chi connectivity index (χ0v) is 16.9. The van der Waals surface area contributed by atoms with Gasteiger partial charge >= 0.3 is 5.97 Å². The molecule has 1 aromatic rings. The van der Waals surface area contributed by atoms with Crippen LogP contribution in [0.4, 0.5) is 0 Å². The predicted molar refractivity (Wildman–Crippen MR) is 106 cm³/mol. The van der Waals surface area contributed by atoms with Crippen LogP contribution in [0.15, 0.2) is 18.2 Å². The Labute approximate surface area is 159 Å². The molecule has 0 aliphatic heterocycles. The van der Waals surface area contributed by atoms with Crippen LogP contribution in [0.25, 0.3) is 0 Å². The molecule has 26 heavy (non-hydrogen) atoms. The van der Waals surface area contributed by atoms with E-state index in [-0.39, 0.29) is 5.97 Å². The van der Waals surface area contributed by atoms with E-state index >= 15 is 0 Å². The SMILES string of the molecule is CCCCCCCOC(=O)c1ccc(OCCCCCCC)c(OC)c1. The van der Waals surface area contributed by atoms with Gasteiger partial charge in [0.1, 0.15) is 0 Å². The summed E-state index contributed by atoms with van der Waals surface area (Å²) >= 11 is 0. The highest BCUT2D eigenvalue weighted by Crippen LogP contribution is 2.28. The lowest BCUT2D eigenvalue weighted by molar-refractivity contribution is 0.0497. The average molecular weight is 365 g/mol. The van der Waals surface area contributed by atoms with Crippen molar-refractivity contribution in [2.45, 2.75) is 78.1 Å². The first-order chi connectivity index (χ1) is 12.7. The summed E-state index contributed by atoms with van der Waals surface area (Å²) in [5.74, 6) is 0.958. The Morgan fingerprint density at radius 3 is 2.04 bits per heavy atom. The molecule has 0 heterocycles. The van der Waals surface area contributed by atoms with Crippen LogP contribution in [0.3, 0.4) is 0 Å². The van der Waals surface area contributed by atoms with Gasteiger partial charge < -0.3 is 14.2 Å². The molecule has 0 N–H and O–H groups in total. The molecule has 0 aliphatic rings. The van der Waals surface area contributed by atoms with Crippen molar-refractivity contribution in [2.24, 2.45) is 0 Å². The van der Waals surface area contributed by atoms with Crippen LogP contribution < -0.4 is 9.47 Å². The van der Waals surface area contributed by atoms with Crippen LogP contribution in [0.1, 0.15) is 88.4 Å². The second-order valence-corrected chi connectivity index (χ2v) is 6.68. The molecule has 1 rings (SSSR count). The fourth-order valence-electron chi connectivity index (χ4n) is 2.76. The molecule has 4 nitrogen and oxygen atoms in total. The fraction of sp³-hybridized carbons (Fsp3) is 0.682. The third-order valence-electron chi connectivity index (χ3n) is 4.39. The minimum atomic E-state index is -0.301. The summed E-state index contributed by atoms with van der Waals surface area (Å²) in [6.45, 7) is 5.54. The van der Waals surface area contributed by atoms with Crippen molar-refractivity contribution in [2.75, 3.05) is 20.3 Å². The van der Waals surface area contributed by atoms with E-state index in [0.29, 0.717) is 30.3 Å². The standard InChI is InChI=1S/C22H36O4/c1-4-6-8-10-12-16-25-20-15-14-19(18-21(20)24-3)22(23)26-17-13-11-9-7-5-2/h14-15,18H,4-13,16-17H2,1-3H3. The molecule has 0 bridgehead atoms. The molecule has 0 atom stereocenters. The monoisotopic (exact) mass is 364 g/mol. The van der Waals surface area contributed by atoms with Gasteiger partial charge in [-0.1, -0.05) is 65.2 Å². The minimum Gasteiger partial charge on any atom is -0.493 e. The van der Waals surface area contributed by atoms with Crippen molar-refractivity contribution >= 4 is 5.97 Å². The van der Waals surface area contributed by atoms with E-state index < -0.39 is 0 Å². The highest BCUT2D eigenvalue weighted by molar-refractivity contribution is 5.90. The molecular formula is C22H36O4. The maximum absolute atomic E-state index is 12.2. The Kier molecular flexibility index (Phi) is 12.4. The normalized spacial score (nSPS) is 10.6. The Hall–Kier alpha value is -1.71. The Balaban J connectivity index is 2.39. The topological polar surface area (TPSA) is 44.8 Å². The fourth-order valence-corrected chi connectivity index (χ4v) is 2.76. The van der Waals surface area contributed by atoms with Crippen molar-refractivity contribution in [1.29, 1.82) is 0 Å². The van der Waals surface area contributed by atoms with E-state index in [1.54, 1.807) is 25.3 Å². The van der Waals surface area contributed by atoms with E-state index in [4.69, 9.17) is 14.2 Å². The van der Waals surface area contributed by atoms with Crippen LogP contribution in [-0.2, 0) is 4.74 Å². The number of carbonyl (C=O) groups is 1. The van der Waals surface area contributed by atoms with Gasteiger partial charge in [-0.2, -0.15) is 0 Å². The number of rotatable bonds is 15. The molecule has 0 fully saturated rings. The maximum Gasteiger partial charge on any atom is 0.338 e. The molecule has 1 aromatic carbocycles. The lowest BCUT2D eigenvalue weighted by Gasteiger charge is -2.12. The van der Waals surface area contributed by atoms with Crippen molar-refractivity contribution in [1.82, 2.24) is 0 Å². The minimum absolute atomic E-state index is 0.301. The molecule has 0 unspecified atom stereocenters. The van der Waals surface area contributed by atoms with Crippen molar-refractivity contribution in [3.8, 4) is 11.5 Å². The van der Waals surface area contributed by atoms with Gasteiger partial charge in [0.05, 0.1) is 25.9 Å². The highest BCUT2D eigenvalue weighted by Gasteiger charge is 2.12. The first kappa shape index (κ1) is 22.3. The Morgan fingerprint density at radius 2 is 1.42 bits per heavy atom. The predicted octanol–water partition coefficient (Wildman–Crippen LogP) is 6.17. The molecule has 148 valence electrons. The molecule has 0 saturated carbocycles. The van der Waals surface area contributed by atoms with E-state index in [0.717, 1.165) is 19.3 Å². The lowest BCUT2D eigenvalue weighted by Crippen LogP contribution is -2.07. The van der Waals surface area contributed by atoms with Gasteiger partial charge in [0, 0.05) is 0 Å². The number of esters is 1. The second-order valence-electron chi connectivity index (χ2n) is 6.68. The molecule has 0 aliphatic carbocycles. The van der Waals surface area contributed by atoms with Gasteiger partial charge in [-0.25, -0.2) is 4.79 Å². The summed E-state index contributed by atoms with van der Waals surface area (Å²) in [5.41, 5.74) is 0.505. The first-order valence-corrected chi connectivity index (χ1v) is 10.2. The van der Waals surface area contributed by atoms with Crippen LogP contribution in [0.5, 0.6) is 11.5 Å². The quantitative estimate of drug-likeness (QED) is 0.276. The number of ether oxygens (including phenoxy) is 3. The molecule has 0 aromatic heterocycles. The third-order valence-corrected chi connectivity index (χ3v) is 4.39. The van der Waals surface area contributed by atoms with Gasteiger partial charge in [0.15, 0.2) is 11.5 Å². The van der Waals surface area contributed by atoms with Crippen LogP contribution >= 0.6 is 0 Å². The number of benzene rings is 1. The summed E-state index contributed by atoms with van der Waals surface area (Å²) in [5, 5.41) is 0. The van der Waals surface area contributed by atoms with Crippen molar-refractivity contribution in [3.63, 3.8) is 0 Å². The van der Waals surface area contributed by atoms with Gasteiger partial charge in [-0.15, -0.1) is 0 Å². The maximum atomic E-state index is 12.2. The van der Waals surface area contributed by atoms with E-state index in [1.165, 1.54) is 44.9 Å². The molecule has 0 spiro atoms. The number of carbonyl (C=O) groups excluding carboxylic acids is 1. The summed E-state index contributed by atoms with van der Waals surface area (Å²) in [4.78, 5) is 12.2. The van der Waals surface area contributed by atoms with Gasteiger partial charge in [-0.3, -0.25) is 0 Å². The number of methoxy groups -OCH3 is 1. The third kappa shape index (κ3) is 9.12. The summed E-state index contributed by atoms with van der Waals surface area (Å²) in [6, 6.07) is 5.24. The van der Waals surface area contributed by atoms with Gasteiger partial charge in [0.25, 0.3) is 0 Å². The first-order valence-electron chi connectivity index (χ1n) is 10.2. The molecule has 0 saturated heterocycles. The smallest absolute Gasteiger partial charge is 0.338 e. The zero-order valence-electron chi connectivity index (χ0n) is 16.9. The molecule has 0 radical (unpaired) electrons. The lowest BCUT2D eigenvalue weighted by atomic mass is 10.1. The van der Waals surface area contributed by atoms with Crippen molar-refractivity contribution < 1.29 is 19.0 Å². The van der Waals surface area contributed by atoms with E-state index in [1.807, 2.05) is 0 Å².